The Kier molecular flexibility index (Phi) is 4.68. The molecule has 3 aromatic rings. The molecule has 0 aliphatic carbocycles. The molecule has 7 heteroatoms. The molecular weight excluding hydrogens is 312 g/mol. The van der Waals surface area contributed by atoms with Gasteiger partial charge in [-0.3, -0.25) is 4.79 Å². The zero-order valence-electron chi connectivity index (χ0n) is 12.3. The van der Waals surface area contributed by atoms with Crippen LogP contribution in [0.25, 0.3) is 0 Å². The van der Waals surface area contributed by atoms with Crippen LogP contribution in [0.1, 0.15) is 16.6 Å². The summed E-state index contributed by atoms with van der Waals surface area (Å²) in [4.78, 5) is 21.0. The van der Waals surface area contributed by atoms with E-state index in [1.54, 1.807) is 31.5 Å². The van der Waals surface area contributed by atoms with E-state index in [0.29, 0.717) is 16.7 Å². The fourth-order valence-electron chi connectivity index (χ4n) is 1.97. The van der Waals surface area contributed by atoms with Crippen molar-refractivity contribution in [3.05, 3.63) is 66.2 Å². The second-order valence-electron chi connectivity index (χ2n) is 4.75. The van der Waals surface area contributed by atoms with Crippen LogP contribution < -0.4 is 5.32 Å². The lowest BCUT2D eigenvalue weighted by molar-refractivity contribution is -0.115. The normalized spacial score (nSPS) is 11.9. The first-order valence-corrected chi connectivity index (χ1v) is 7.83. The predicted octanol–water partition coefficient (Wildman–Crippen LogP) is 3.25. The Morgan fingerprint density at radius 1 is 1.17 bits per heavy atom. The van der Waals surface area contributed by atoms with Gasteiger partial charge in [-0.2, -0.15) is 0 Å². The second kappa shape index (κ2) is 7.06. The Morgan fingerprint density at radius 2 is 1.91 bits per heavy atom. The first-order valence-electron chi connectivity index (χ1n) is 6.95. The quantitative estimate of drug-likeness (QED) is 0.572. The van der Waals surface area contributed by atoms with E-state index < -0.39 is 5.25 Å². The van der Waals surface area contributed by atoms with Crippen molar-refractivity contribution >= 4 is 23.5 Å². The van der Waals surface area contributed by atoms with Gasteiger partial charge in [0.05, 0.1) is 0 Å². The maximum absolute atomic E-state index is 12.7. The summed E-state index contributed by atoms with van der Waals surface area (Å²) in [5, 5.41) is 6.60. The molecule has 116 valence electrons. The number of carbonyl (C=O) groups excluding carboxylic acids is 1. The molecule has 1 atom stereocenters. The summed E-state index contributed by atoms with van der Waals surface area (Å²) >= 11 is 1.28. The lowest BCUT2D eigenvalue weighted by atomic mass is 10.1. The van der Waals surface area contributed by atoms with Gasteiger partial charge in [0.15, 0.2) is 11.0 Å². The summed E-state index contributed by atoms with van der Waals surface area (Å²) in [5.74, 6) is 0.820. The molecule has 0 spiro atoms. The highest BCUT2D eigenvalue weighted by Gasteiger charge is 2.24. The number of carbonyl (C=O) groups is 1. The van der Waals surface area contributed by atoms with Gasteiger partial charge < -0.3 is 9.84 Å². The molecule has 0 aliphatic rings. The zero-order chi connectivity index (χ0) is 16.1. The molecule has 1 amide bonds. The van der Waals surface area contributed by atoms with E-state index in [9.17, 15) is 4.79 Å². The fraction of sp³-hybridized carbons (Fsp3) is 0.125. The first kappa shape index (κ1) is 15.2. The number of hydrogen-bond acceptors (Lipinski definition) is 6. The minimum atomic E-state index is -0.490. The van der Waals surface area contributed by atoms with Crippen molar-refractivity contribution in [3.63, 3.8) is 0 Å². The van der Waals surface area contributed by atoms with E-state index in [4.69, 9.17) is 4.52 Å². The molecule has 0 saturated carbocycles. The third kappa shape index (κ3) is 3.95. The summed E-state index contributed by atoms with van der Waals surface area (Å²) in [6.07, 6.45) is 3.30. The summed E-state index contributed by atoms with van der Waals surface area (Å²) in [5.41, 5.74) is 0.864. The van der Waals surface area contributed by atoms with Crippen LogP contribution >= 0.6 is 11.8 Å². The van der Waals surface area contributed by atoms with Gasteiger partial charge in [-0.05, 0) is 18.6 Å². The average molecular weight is 326 g/mol. The van der Waals surface area contributed by atoms with Gasteiger partial charge in [-0.15, -0.1) is 0 Å². The van der Waals surface area contributed by atoms with E-state index in [1.807, 2.05) is 30.3 Å². The van der Waals surface area contributed by atoms with E-state index in [0.717, 1.165) is 5.56 Å². The third-order valence-electron chi connectivity index (χ3n) is 2.99. The molecule has 0 aliphatic heterocycles. The van der Waals surface area contributed by atoms with Crippen molar-refractivity contribution in [2.75, 3.05) is 5.32 Å². The number of rotatable bonds is 5. The molecule has 0 fully saturated rings. The number of anilines is 1. The highest BCUT2D eigenvalue weighted by atomic mass is 32.2. The Balaban J connectivity index is 1.84. The molecule has 0 unspecified atom stereocenters. The topological polar surface area (TPSA) is 80.9 Å². The Bertz CT molecular complexity index is 777. The van der Waals surface area contributed by atoms with Crippen molar-refractivity contribution in [1.29, 1.82) is 0 Å². The summed E-state index contributed by atoms with van der Waals surface area (Å²) in [6.45, 7) is 1.77. The van der Waals surface area contributed by atoms with E-state index in [2.05, 4.69) is 20.4 Å². The Labute approximate surface area is 137 Å². The number of nitrogens with one attached hydrogen (secondary N) is 1. The maximum atomic E-state index is 12.7. The molecule has 2 heterocycles. The summed E-state index contributed by atoms with van der Waals surface area (Å²) in [7, 11) is 0. The number of amides is 1. The van der Waals surface area contributed by atoms with Crippen LogP contribution in [0.4, 0.5) is 5.82 Å². The number of benzene rings is 1. The molecule has 6 nitrogen and oxygen atoms in total. The molecule has 3 rings (SSSR count). The van der Waals surface area contributed by atoms with Crippen molar-refractivity contribution in [2.45, 2.75) is 17.3 Å². The highest BCUT2D eigenvalue weighted by Crippen LogP contribution is 2.34. The first-order chi connectivity index (χ1) is 11.2. The number of thioether (sulfide) groups is 1. The van der Waals surface area contributed by atoms with Crippen molar-refractivity contribution in [3.8, 4) is 0 Å². The molecular formula is C16H14N4O2S. The van der Waals surface area contributed by atoms with Crippen LogP contribution in [0.2, 0.25) is 0 Å². The van der Waals surface area contributed by atoms with Gasteiger partial charge in [-0.1, -0.05) is 47.3 Å². The molecule has 1 aromatic carbocycles. The van der Waals surface area contributed by atoms with Crippen molar-refractivity contribution < 1.29 is 9.32 Å². The highest BCUT2D eigenvalue weighted by molar-refractivity contribution is 8.00. The Morgan fingerprint density at radius 3 is 2.57 bits per heavy atom. The van der Waals surface area contributed by atoms with Gasteiger partial charge >= 0.3 is 0 Å². The van der Waals surface area contributed by atoms with Gasteiger partial charge in [0.1, 0.15) is 11.0 Å². The molecule has 0 saturated heterocycles. The SMILES string of the molecule is Cc1cc(NC(=O)[C@H](Sc2ncccn2)c2ccccc2)no1. The van der Waals surface area contributed by atoms with Gasteiger partial charge in [-0.25, -0.2) is 9.97 Å². The molecule has 0 bridgehead atoms. The average Bonchev–Trinajstić information content (AvgIpc) is 2.99. The Hall–Kier alpha value is -2.67. The standard InChI is InChI=1S/C16H14N4O2S/c1-11-10-13(20-22-11)19-15(21)14(12-6-3-2-4-7-12)23-16-17-8-5-9-18-16/h2-10,14H,1H3,(H,19,20,21)/t14-/m1/s1. The minimum Gasteiger partial charge on any atom is -0.360 e. The maximum Gasteiger partial charge on any atom is 0.243 e. The molecule has 0 radical (unpaired) electrons. The lowest BCUT2D eigenvalue weighted by Gasteiger charge is -2.14. The van der Waals surface area contributed by atoms with Crippen LogP contribution in [0.5, 0.6) is 0 Å². The van der Waals surface area contributed by atoms with Crippen LogP contribution in [0.15, 0.2) is 64.5 Å². The molecule has 23 heavy (non-hydrogen) atoms. The number of hydrogen-bond donors (Lipinski definition) is 1. The largest absolute Gasteiger partial charge is 0.360 e. The lowest BCUT2D eigenvalue weighted by Crippen LogP contribution is -2.19. The van der Waals surface area contributed by atoms with Gasteiger partial charge in [0, 0.05) is 18.5 Å². The number of nitrogens with zero attached hydrogens (tertiary/aromatic N) is 3. The van der Waals surface area contributed by atoms with Crippen LogP contribution in [0, 0.1) is 6.92 Å². The fourth-order valence-corrected chi connectivity index (χ4v) is 2.88. The van der Waals surface area contributed by atoms with Crippen molar-refractivity contribution in [2.24, 2.45) is 0 Å². The van der Waals surface area contributed by atoms with Crippen LogP contribution in [-0.4, -0.2) is 21.0 Å². The van der Waals surface area contributed by atoms with E-state index in [-0.39, 0.29) is 5.91 Å². The van der Waals surface area contributed by atoms with Crippen LogP contribution in [-0.2, 0) is 4.79 Å². The second-order valence-corrected chi connectivity index (χ2v) is 5.82. The van der Waals surface area contributed by atoms with E-state index in [1.165, 1.54) is 11.8 Å². The number of aromatic nitrogens is 3. The monoisotopic (exact) mass is 326 g/mol. The molecule has 1 N–H and O–H groups in total. The zero-order valence-corrected chi connectivity index (χ0v) is 13.2. The van der Waals surface area contributed by atoms with Gasteiger partial charge in [0.2, 0.25) is 5.91 Å². The van der Waals surface area contributed by atoms with E-state index >= 15 is 0 Å². The minimum absolute atomic E-state index is 0.207. The van der Waals surface area contributed by atoms with Crippen LogP contribution in [0.3, 0.4) is 0 Å². The van der Waals surface area contributed by atoms with Gasteiger partial charge in [0.25, 0.3) is 0 Å². The third-order valence-corrected chi connectivity index (χ3v) is 4.13. The smallest absolute Gasteiger partial charge is 0.243 e. The number of aryl methyl sites for hydroxylation is 1. The summed E-state index contributed by atoms with van der Waals surface area (Å²) in [6, 6.07) is 12.9. The summed E-state index contributed by atoms with van der Waals surface area (Å²) < 4.78 is 4.97. The predicted molar refractivity (Wildman–Crippen MR) is 86.9 cm³/mol. The molecule has 2 aromatic heterocycles. The van der Waals surface area contributed by atoms with Crippen molar-refractivity contribution in [1.82, 2.24) is 15.1 Å².